The van der Waals surface area contributed by atoms with Crippen LogP contribution in [0.2, 0.25) is 5.02 Å². The van der Waals surface area contributed by atoms with Crippen LogP contribution in [-0.2, 0) is 5.60 Å². The molecule has 7 heteroatoms. The summed E-state index contributed by atoms with van der Waals surface area (Å²) in [6, 6.07) is 7.38. The molecule has 1 fully saturated rings. The molecule has 0 atom stereocenters. The zero-order valence-corrected chi connectivity index (χ0v) is 16.0. The highest BCUT2D eigenvalue weighted by Gasteiger charge is 2.31. The van der Waals surface area contributed by atoms with Crippen LogP contribution in [0.15, 0.2) is 51.2 Å². The summed E-state index contributed by atoms with van der Waals surface area (Å²) in [4.78, 5) is 13.4. The van der Waals surface area contributed by atoms with E-state index >= 15 is 0 Å². The fourth-order valence-corrected chi connectivity index (χ4v) is 3.42. The second-order valence-electron chi connectivity index (χ2n) is 6.87. The largest absolute Gasteiger partial charge is 0.433 e. The molecule has 4 rings (SSSR count). The van der Waals surface area contributed by atoms with Crippen molar-refractivity contribution in [2.75, 3.05) is 0 Å². The molecule has 1 saturated carbocycles. The van der Waals surface area contributed by atoms with E-state index in [2.05, 4.69) is 9.97 Å². The molecule has 0 amide bonds. The lowest BCUT2D eigenvalue weighted by Crippen LogP contribution is -2.17. The fraction of sp³-hybridized carbons (Fsp3) is 0.316. The molecule has 0 aliphatic heterocycles. The van der Waals surface area contributed by atoms with Gasteiger partial charge in [0.25, 0.3) is 0 Å². The molecule has 0 bridgehead atoms. The second-order valence-corrected chi connectivity index (χ2v) is 8.30. The van der Waals surface area contributed by atoms with E-state index in [0.29, 0.717) is 21.7 Å². The molecular formula is C19H18ClN3O2S. The summed E-state index contributed by atoms with van der Waals surface area (Å²) < 4.78 is 6.03. The standard InChI is InChI=1S/C19H18ClN3O2S/c1-19(2,24)14-7-5-12(9-21-14)16-18(25-17(23-16)11-3-4-11)26-15-8-6-13(20)10-22-15/h5-11,24H,3-4H2,1-2H3. The minimum absolute atomic E-state index is 0.407. The molecule has 0 spiro atoms. The van der Waals surface area contributed by atoms with Gasteiger partial charge in [0.05, 0.1) is 10.7 Å². The van der Waals surface area contributed by atoms with Crippen molar-refractivity contribution in [3.05, 3.63) is 53.3 Å². The van der Waals surface area contributed by atoms with Gasteiger partial charge < -0.3 is 9.52 Å². The highest BCUT2D eigenvalue weighted by molar-refractivity contribution is 7.99. The molecule has 3 heterocycles. The summed E-state index contributed by atoms with van der Waals surface area (Å²) in [6.07, 6.45) is 5.56. The first-order valence-electron chi connectivity index (χ1n) is 8.39. The van der Waals surface area contributed by atoms with E-state index in [1.54, 1.807) is 32.3 Å². The first-order chi connectivity index (χ1) is 12.4. The predicted octanol–water partition coefficient (Wildman–Crippen LogP) is 5.04. The molecule has 0 aromatic carbocycles. The highest BCUT2D eigenvalue weighted by Crippen LogP contribution is 2.44. The predicted molar refractivity (Wildman–Crippen MR) is 100 cm³/mol. The lowest BCUT2D eigenvalue weighted by Gasteiger charge is -2.16. The average molecular weight is 388 g/mol. The Labute approximate surface area is 160 Å². The molecule has 1 aliphatic carbocycles. The monoisotopic (exact) mass is 387 g/mol. The summed E-state index contributed by atoms with van der Waals surface area (Å²) in [5, 5.41) is 12.2. The zero-order valence-electron chi connectivity index (χ0n) is 14.4. The number of aliphatic hydroxyl groups is 1. The molecule has 26 heavy (non-hydrogen) atoms. The van der Waals surface area contributed by atoms with Gasteiger partial charge in [0, 0.05) is 23.9 Å². The van der Waals surface area contributed by atoms with Gasteiger partial charge in [-0.3, -0.25) is 4.98 Å². The van der Waals surface area contributed by atoms with Gasteiger partial charge in [0.1, 0.15) is 16.3 Å². The SMILES string of the molecule is CC(C)(O)c1ccc(-c2nc(C3CC3)oc2Sc2ccc(Cl)cn2)cn1. The number of rotatable bonds is 5. The number of hydrogen-bond acceptors (Lipinski definition) is 6. The van der Waals surface area contributed by atoms with Gasteiger partial charge in [-0.25, -0.2) is 9.97 Å². The normalized spacial score (nSPS) is 14.6. The number of nitrogens with zero attached hydrogens (tertiary/aromatic N) is 3. The minimum atomic E-state index is -0.980. The van der Waals surface area contributed by atoms with Crippen LogP contribution in [0.25, 0.3) is 11.3 Å². The van der Waals surface area contributed by atoms with Crippen LogP contribution < -0.4 is 0 Å². The quantitative estimate of drug-likeness (QED) is 0.661. The van der Waals surface area contributed by atoms with Crippen molar-refractivity contribution in [3.8, 4) is 11.3 Å². The van der Waals surface area contributed by atoms with Crippen LogP contribution in [0.4, 0.5) is 0 Å². The summed E-state index contributed by atoms with van der Waals surface area (Å²) in [5.41, 5.74) is 1.24. The van der Waals surface area contributed by atoms with Crippen LogP contribution in [0.3, 0.4) is 0 Å². The van der Waals surface area contributed by atoms with Crippen molar-refractivity contribution in [3.63, 3.8) is 0 Å². The minimum Gasteiger partial charge on any atom is -0.433 e. The Hall–Kier alpha value is -1.89. The lowest BCUT2D eigenvalue weighted by molar-refractivity contribution is 0.0739. The lowest BCUT2D eigenvalue weighted by atomic mass is 10.0. The Morgan fingerprint density at radius 2 is 1.96 bits per heavy atom. The molecule has 134 valence electrons. The molecule has 0 saturated heterocycles. The van der Waals surface area contributed by atoms with Gasteiger partial charge in [-0.15, -0.1) is 0 Å². The number of halogens is 1. The van der Waals surface area contributed by atoms with Gasteiger partial charge in [0.15, 0.2) is 11.0 Å². The van der Waals surface area contributed by atoms with Crippen LogP contribution in [0.1, 0.15) is 44.2 Å². The van der Waals surface area contributed by atoms with Crippen LogP contribution >= 0.6 is 23.4 Å². The molecule has 1 N–H and O–H groups in total. The maximum Gasteiger partial charge on any atom is 0.199 e. The third kappa shape index (κ3) is 3.77. The van der Waals surface area contributed by atoms with Gasteiger partial charge in [-0.1, -0.05) is 11.6 Å². The van der Waals surface area contributed by atoms with Crippen molar-refractivity contribution in [2.45, 2.75) is 48.3 Å². The van der Waals surface area contributed by atoms with Crippen molar-refractivity contribution < 1.29 is 9.52 Å². The van der Waals surface area contributed by atoms with Crippen molar-refractivity contribution in [2.24, 2.45) is 0 Å². The smallest absolute Gasteiger partial charge is 0.199 e. The van der Waals surface area contributed by atoms with E-state index in [1.807, 2.05) is 18.2 Å². The summed E-state index contributed by atoms with van der Waals surface area (Å²) in [6.45, 7) is 3.42. The van der Waals surface area contributed by atoms with Crippen LogP contribution in [0, 0.1) is 0 Å². The van der Waals surface area contributed by atoms with E-state index in [-0.39, 0.29) is 0 Å². The third-order valence-electron chi connectivity index (χ3n) is 4.10. The van der Waals surface area contributed by atoms with Crippen LogP contribution in [0.5, 0.6) is 0 Å². The first-order valence-corrected chi connectivity index (χ1v) is 9.59. The van der Waals surface area contributed by atoms with E-state index in [0.717, 1.165) is 35.0 Å². The summed E-state index contributed by atoms with van der Waals surface area (Å²) in [5.74, 6) is 1.17. The van der Waals surface area contributed by atoms with Crippen molar-refractivity contribution in [1.29, 1.82) is 0 Å². The molecule has 0 radical (unpaired) electrons. The zero-order chi connectivity index (χ0) is 18.3. The van der Waals surface area contributed by atoms with E-state index in [9.17, 15) is 5.11 Å². The topological polar surface area (TPSA) is 72.0 Å². The second kappa shape index (κ2) is 6.68. The van der Waals surface area contributed by atoms with Gasteiger partial charge in [-0.05, 0) is 62.7 Å². The summed E-state index contributed by atoms with van der Waals surface area (Å²) >= 11 is 7.33. The Bertz CT molecular complexity index is 913. The summed E-state index contributed by atoms with van der Waals surface area (Å²) in [7, 11) is 0. The van der Waals surface area contributed by atoms with Gasteiger partial charge >= 0.3 is 0 Å². The van der Waals surface area contributed by atoms with E-state index in [1.165, 1.54) is 11.8 Å². The average Bonchev–Trinajstić information content (AvgIpc) is 3.37. The van der Waals surface area contributed by atoms with Gasteiger partial charge in [-0.2, -0.15) is 0 Å². The molecular weight excluding hydrogens is 370 g/mol. The Balaban J connectivity index is 1.69. The number of aromatic nitrogens is 3. The first kappa shape index (κ1) is 17.5. The Morgan fingerprint density at radius 1 is 1.15 bits per heavy atom. The molecule has 0 unspecified atom stereocenters. The maximum atomic E-state index is 10.1. The molecule has 5 nitrogen and oxygen atoms in total. The number of pyridine rings is 2. The van der Waals surface area contributed by atoms with E-state index < -0.39 is 5.60 Å². The van der Waals surface area contributed by atoms with Crippen molar-refractivity contribution in [1.82, 2.24) is 15.0 Å². The number of hydrogen-bond donors (Lipinski definition) is 1. The molecule has 3 aromatic heterocycles. The Kier molecular flexibility index (Phi) is 4.50. The van der Waals surface area contributed by atoms with Gasteiger partial charge in [0.2, 0.25) is 0 Å². The third-order valence-corrected chi connectivity index (χ3v) is 5.24. The van der Waals surface area contributed by atoms with E-state index in [4.69, 9.17) is 21.0 Å². The maximum absolute atomic E-state index is 10.1. The Morgan fingerprint density at radius 3 is 2.54 bits per heavy atom. The molecule has 1 aliphatic rings. The number of oxazole rings is 1. The molecule has 3 aromatic rings. The van der Waals surface area contributed by atoms with Crippen molar-refractivity contribution >= 4 is 23.4 Å². The fourth-order valence-electron chi connectivity index (χ4n) is 2.49. The highest BCUT2D eigenvalue weighted by atomic mass is 35.5. The van der Waals surface area contributed by atoms with Crippen LogP contribution in [-0.4, -0.2) is 20.1 Å².